The maximum Gasteiger partial charge on any atom is 2.00 e. The summed E-state index contributed by atoms with van der Waals surface area (Å²) in [6, 6.07) is 8.07. The maximum absolute atomic E-state index is 6.16. The van der Waals surface area contributed by atoms with Crippen molar-refractivity contribution >= 4 is 47.3 Å². The van der Waals surface area contributed by atoms with Gasteiger partial charge >= 0.3 is 23.1 Å². The van der Waals surface area contributed by atoms with Gasteiger partial charge in [0, 0.05) is 4.47 Å². The van der Waals surface area contributed by atoms with E-state index in [2.05, 4.69) is 49.8 Å². The van der Waals surface area contributed by atoms with Gasteiger partial charge in [-0.05, 0) is 36.3 Å². The number of halogens is 1. The summed E-state index contributed by atoms with van der Waals surface area (Å²) in [7, 11) is -1.69. The van der Waals surface area contributed by atoms with Crippen LogP contribution in [0, 0.1) is 0 Å². The van der Waals surface area contributed by atoms with E-state index in [0.717, 1.165) is 10.2 Å². The van der Waals surface area contributed by atoms with E-state index >= 15 is 0 Å². The summed E-state index contributed by atoms with van der Waals surface area (Å²) in [4.78, 5) is 0. The van der Waals surface area contributed by atoms with E-state index in [9.17, 15) is 0 Å². The maximum atomic E-state index is 6.16. The first-order valence-electron chi connectivity index (χ1n) is 5.17. The van der Waals surface area contributed by atoms with Crippen LogP contribution < -0.4 is 4.43 Å². The van der Waals surface area contributed by atoms with Crippen LogP contribution in [0.4, 0.5) is 0 Å². The molecule has 0 aromatic heterocycles. The third kappa shape index (κ3) is 4.39. The minimum Gasteiger partial charge on any atom is -1.00 e. The Morgan fingerprint density at radius 1 is 1.25 bits per heavy atom. The van der Waals surface area contributed by atoms with Crippen molar-refractivity contribution in [3.63, 3.8) is 0 Å². The van der Waals surface area contributed by atoms with Crippen molar-refractivity contribution in [3.8, 4) is 5.75 Å². The standard InChI is InChI=1S/C12H19BrOSi.Mg.2H/c1-12(2,3)15(4,5)14-11-8-6-7-10(13)9-11;;;/h6-9H,1-5H3;;;/q;+2;2*-1. The van der Waals surface area contributed by atoms with E-state index < -0.39 is 8.32 Å². The van der Waals surface area contributed by atoms with E-state index in [1.165, 1.54) is 0 Å². The van der Waals surface area contributed by atoms with Crippen LogP contribution in [0.15, 0.2) is 28.7 Å². The quantitative estimate of drug-likeness (QED) is 0.721. The summed E-state index contributed by atoms with van der Waals surface area (Å²) in [5.74, 6) is 0.968. The topological polar surface area (TPSA) is 9.23 Å². The monoisotopic (exact) mass is 312 g/mol. The fourth-order valence-corrected chi connectivity index (χ4v) is 2.38. The Kier molecular flexibility index (Phi) is 6.07. The molecule has 0 atom stereocenters. The molecule has 0 N–H and O–H groups in total. The van der Waals surface area contributed by atoms with Gasteiger partial charge in [0.1, 0.15) is 5.75 Å². The van der Waals surface area contributed by atoms with Crippen molar-refractivity contribution < 1.29 is 7.28 Å². The molecule has 0 heterocycles. The van der Waals surface area contributed by atoms with Crippen LogP contribution in [0.2, 0.25) is 18.1 Å². The second-order valence-corrected chi connectivity index (χ2v) is 11.0. The molecule has 0 fully saturated rings. The molecule has 16 heavy (non-hydrogen) atoms. The predicted octanol–water partition coefficient (Wildman–Crippen LogP) is 4.68. The first kappa shape index (κ1) is 16.5. The molecule has 0 bridgehead atoms. The molecule has 0 aliphatic rings. The zero-order chi connectivity index (χ0) is 11.7. The molecule has 0 unspecified atom stereocenters. The third-order valence-corrected chi connectivity index (χ3v) is 7.83. The molecule has 1 aromatic rings. The molecule has 0 saturated heterocycles. The minimum atomic E-state index is -1.69. The fourth-order valence-electron chi connectivity index (χ4n) is 0.978. The van der Waals surface area contributed by atoms with E-state index in [0.29, 0.717) is 0 Å². The largest absolute Gasteiger partial charge is 2.00 e. The van der Waals surface area contributed by atoms with Crippen molar-refractivity contribution in [1.29, 1.82) is 0 Å². The smallest absolute Gasteiger partial charge is 1.00 e. The zero-order valence-electron chi connectivity index (χ0n) is 12.8. The van der Waals surface area contributed by atoms with Gasteiger partial charge in [-0.1, -0.05) is 42.8 Å². The van der Waals surface area contributed by atoms with E-state index in [4.69, 9.17) is 4.43 Å². The average Bonchev–Trinajstić information content (AvgIpc) is 2.00. The Balaban J connectivity index is -0.000000750. The Morgan fingerprint density at radius 2 is 1.81 bits per heavy atom. The van der Waals surface area contributed by atoms with Crippen molar-refractivity contribution in [2.45, 2.75) is 38.9 Å². The minimum absolute atomic E-state index is 0. The molecule has 0 spiro atoms. The van der Waals surface area contributed by atoms with Gasteiger partial charge in [0.05, 0.1) is 0 Å². The fraction of sp³-hybridized carbons (Fsp3) is 0.500. The van der Waals surface area contributed by atoms with Gasteiger partial charge in [0.15, 0.2) is 0 Å². The summed E-state index contributed by atoms with van der Waals surface area (Å²) in [5.41, 5.74) is 0. The predicted molar refractivity (Wildman–Crippen MR) is 79.9 cm³/mol. The van der Waals surface area contributed by atoms with Gasteiger partial charge in [0.2, 0.25) is 8.32 Å². The number of rotatable bonds is 2. The second kappa shape index (κ2) is 5.89. The Bertz CT molecular complexity index is 356. The Hall–Kier alpha value is 0.483. The molecule has 1 nitrogen and oxygen atoms in total. The van der Waals surface area contributed by atoms with Gasteiger partial charge in [-0.15, -0.1) is 0 Å². The summed E-state index contributed by atoms with van der Waals surface area (Å²) in [6.45, 7) is 11.3. The van der Waals surface area contributed by atoms with Crippen molar-refractivity contribution in [3.05, 3.63) is 28.7 Å². The molecule has 0 aliphatic carbocycles. The first-order chi connectivity index (χ1) is 6.72. The normalized spacial score (nSPS) is 11.9. The summed E-state index contributed by atoms with van der Waals surface area (Å²) >= 11 is 3.46. The van der Waals surface area contributed by atoms with Gasteiger partial charge in [0.25, 0.3) is 0 Å². The van der Waals surface area contributed by atoms with Crippen LogP contribution in [-0.4, -0.2) is 31.4 Å². The van der Waals surface area contributed by atoms with Crippen LogP contribution in [0.25, 0.3) is 0 Å². The summed E-state index contributed by atoms with van der Waals surface area (Å²) < 4.78 is 7.22. The van der Waals surface area contributed by atoms with Gasteiger partial charge in [-0.25, -0.2) is 0 Å². The summed E-state index contributed by atoms with van der Waals surface area (Å²) in [6.07, 6.45) is 0. The van der Waals surface area contributed by atoms with Crippen LogP contribution in [0.5, 0.6) is 5.75 Å². The molecule has 0 aliphatic heterocycles. The van der Waals surface area contributed by atoms with Crippen molar-refractivity contribution in [1.82, 2.24) is 0 Å². The molecule has 0 radical (unpaired) electrons. The van der Waals surface area contributed by atoms with Gasteiger partial charge in [-0.3, -0.25) is 0 Å². The number of benzene rings is 1. The first-order valence-corrected chi connectivity index (χ1v) is 8.87. The molecule has 0 amide bonds. The van der Waals surface area contributed by atoms with E-state index in [1.54, 1.807) is 0 Å². The molecule has 1 rings (SSSR count). The molecular formula is C12H21BrMgOSi. The van der Waals surface area contributed by atoms with Gasteiger partial charge < -0.3 is 7.28 Å². The van der Waals surface area contributed by atoms with E-state index in [-0.39, 0.29) is 30.9 Å². The molecule has 0 saturated carbocycles. The molecule has 4 heteroatoms. The van der Waals surface area contributed by atoms with Crippen molar-refractivity contribution in [2.24, 2.45) is 0 Å². The zero-order valence-corrected chi connectivity index (χ0v) is 14.8. The SMILES string of the molecule is CC(C)(C)[Si](C)(C)Oc1cccc(Br)c1.[H-].[H-].[Mg+2]. The molecule has 88 valence electrons. The second-order valence-electron chi connectivity index (χ2n) is 5.32. The number of hydrogen-bond acceptors (Lipinski definition) is 1. The van der Waals surface area contributed by atoms with Gasteiger partial charge in [-0.2, -0.15) is 0 Å². The average molecular weight is 314 g/mol. The van der Waals surface area contributed by atoms with Crippen LogP contribution in [-0.2, 0) is 0 Å². The third-order valence-electron chi connectivity index (χ3n) is 2.98. The van der Waals surface area contributed by atoms with Crippen molar-refractivity contribution in [2.75, 3.05) is 0 Å². The Morgan fingerprint density at radius 3 is 2.25 bits per heavy atom. The summed E-state index contributed by atoms with van der Waals surface area (Å²) in [5, 5.41) is 0.245. The molecular weight excluding hydrogens is 292 g/mol. The Labute approximate surface area is 127 Å². The van der Waals surface area contributed by atoms with E-state index in [1.807, 2.05) is 24.3 Å². The van der Waals surface area contributed by atoms with Crippen LogP contribution >= 0.6 is 15.9 Å². The molecule has 1 aromatic carbocycles. The van der Waals surface area contributed by atoms with Crippen LogP contribution in [0.3, 0.4) is 0 Å². The van der Waals surface area contributed by atoms with Crippen LogP contribution in [0.1, 0.15) is 23.6 Å². The number of hydrogen-bond donors (Lipinski definition) is 0.